The molecule has 0 unspecified atom stereocenters. The average Bonchev–Trinajstić information content (AvgIpc) is 2.75. The van der Waals surface area contributed by atoms with Crippen LogP contribution < -0.4 is 16.0 Å². The molecule has 0 aromatic heterocycles. The minimum Gasteiger partial charge on any atom is -0.395 e. The number of carbonyl (C=O) groups excluding carboxylic acids is 2. The first-order valence-corrected chi connectivity index (χ1v) is 9.99. The van der Waals surface area contributed by atoms with E-state index in [0.717, 1.165) is 12.1 Å². The van der Waals surface area contributed by atoms with E-state index in [0.29, 0.717) is 22.5 Å². The molecule has 3 rings (SSSR count). The fourth-order valence-electron chi connectivity index (χ4n) is 2.96. The van der Waals surface area contributed by atoms with Crippen molar-refractivity contribution in [2.45, 2.75) is 6.92 Å². The SMILES string of the molecule is Cc1ccc(NC(=O)NCCO)cc1C(=O)c1ccc(Nc2ccc(F)cc2F)cc1Cl. The Morgan fingerprint density at radius 2 is 1.72 bits per heavy atom. The van der Waals surface area contributed by atoms with Crippen molar-refractivity contribution in [2.24, 2.45) is 0 Å². The average molecular weight is 460 g/mol. The summed E-state index contributed by atoms with van der Waals surface area (Å²) in [5.74, 6) is -1.80. The molecule has 0 saturated carbocycles. The molecule has 0 heterocycles. The molecule has 0 aliphatic rings. The molecular formula is C23H20ClF2N3O3. The maximum Gasteiger partial charge on any atom is 0.319 e. The second-order valence-electron chi connectivity index (χ2n) is 6.91. The number of urea groups is 1. The predicted molar refractivity (Wildman–Crippen MR) is 120 cm³/mol. The van der Waals surface area contributed by atoms with Crippen molar-refractivity contribution in [3.63, 3.8) is 0 Å². The lowest BCUT2D eigenvalue weighted by molar-refractivity contribution is 0.103. The standard InChI is InChI=1S/C23H20ClF2N3O3/c1-13-2-4-15(29-23(32)27-8-9-30)11-18(13)22(31)17-6-5-16(12-19(17)24)28-21-7-3-14(25)10-20(21)26/h2-7,10-12,28,30H,8-9H2,1H3,(H2,27,29,32). The Morgan fingerprint density at radius 1 is 0.969 bits per heavy atom. The smallest absolute Gasteiger partial charge is 0.319 e. The molecule has 6 nitrogen and oxygen atoms in total. The van der Waals surface area contributed by atoms with Crippen LogP contribution >= 0.6 is 11.6 Å². The molecule has 0 radical (unpaired) electrons. The molecule has 0 fully saturated rings. The lowest BCUT2D eigenvalue weighted by Gasteiger charge is -2.12. The maximum atomic E-state index is 13.9. The summed E-state index contributed by atoms with van der Waals surface area (Å²) in [7, 11) is 0. The largest absolute Gasteiger partial charge is 0.395 e. The van der Waals surface area contributed by atoms with E-state index in [1.807, 2.05) is 0 Å². The van der Waals surface area contributed by atoms with Gasteiger partial charge in [0.05, 0.1) is 17.3 Å². The predicted octanol–water partition coefficient (Wildman–Crippen LogP) is 5.02. The van der Waals surface area contributed by atoms with Crippen LogP contribution in [0.3, 0.4) is 0 Å². The fraction of sp³-hybridized carbons (Fsp3) is 0.130. The van der Waals surface area contributed by atoms with Gasteiger partial charge in [-0.25, -0.2) is 13.6 Å². The number of aryl methyl sites for hydroxylation is 1. The highest BCUT2D eigenvalue weighted by Gasteiger charge is 2.17. The van der Waals surface area contributed by atoms with Gasteiger partial charge in [-0.15, -0.1) is 0 Å². The summed E-state index contributed by atoms with van der Waals surface area (Å²) in [4.78, 5) is 24.9. The molecule has 0 aliphatic heterocycles. The second-order valence-corrected chi connectivity index (χ2v) is 7.31. The highest BCUT2D eigenvalue weighted by molar-refractivity contribution is 6.35. The zero-order valence-electron chi connectivity index (χ0n) is 17.0. The molecule has 0 atom stereocenters. The Bertz CT molecular complexity index is 1170. The van der Waals surface area contributed by atoms with E-state index in [9.17, 15) is 18.4 Å². The van der Waals surface area contributed by atoms with Gasteiger partial charge in [-0.2, -0.15) is 0 Å². The van der Waals surface area contributed by atoms with Crippen LogP contribution in [0.1, 0.15) is 21.5 Å². The Balaban J connectivity index is 1.81. The second kappa shape index (κ2) is 10.2. The first-order chi connectivity index (χ1) is 15.3. The van der Waals surface area contributed by atoms with Gasteiger partial charge < -0.3 is 21.1 Å². The van der Waals surface area contributed by atoms with Crippen LogP contribution in [0.4, 0.5) is 30.6 Å². The van der Waals surface area contributed by atoms with E-state index < -0.39 is 17.7 Å². The number of benzene rings is 3. The summed E-state index contributed by atoms with van der Waals surface area (Å²) >= 11 is 6.32. The Hall–Kier alpha value is -3.49. The van der Waals surface area contributed by atoms with Crippen LogP contribution in [0.25, 0.3) is 0 Å². The molecule has 32 heavy (non-hydrogen) atoms. The Kier molecular flexibility index (Phi) is 7.40. The summed E-state index contributed by atoms with van der Waals surface area (Å²) in [6, 6.07) is 12.0. The first-order valence-electron chi connectivity index (χ1n) is 9.61. The van der Waals surface area contributed by atoms with Crippen molar-refractivity contribution >= 4 is 40.5 Å². The van der Waals surface area contributed by atoms with Gasteiger partial charge in [-0.05, 0) is 55.0 Å². The van der Waals surface area contributed by atoms with Crippen LogP contribution in [0.15, 0.2) is 54.6 Å². The van der Waals surface area contributed by atoms with Gasteiger partial charge in [-0.1, -0.05) is 17.7 Å². The number of aliphatic hydroxyl groups excluding tert-OH is 1. The third kappa shape index (κ3) is 5.60. The summed E-state index contributed by atoms with van der Waals surface area (Å²) in [6.45, 7) is 1.66. The van der Waals surface area contributed by atoms with Gasteiger partial charge in [-0.3, -0.25) is 4.79 Å². The zero-order valence-corrected chi connectivity index (χ0v) is 17.8. The molecule has 0 saturated heterocycles. The van der Waals surface area contributed by atoms with Crippen molar-refractivity contribution in [1.82, 2.24) is 5.32 Å². The number of amides is 2. The summed E-state index contributed by atoms with van der Waals surface area (Å²) in [6.07, 6.45) is 0. The van der Waals surface area contributed by atoms with Crippen LogP contribution in [0, 0.1) is 18.6 Å². The van der Waals surface area contributed by atoms with Gasteiger partial charge in [0.1, 0.15) is 11.6 Å². The molecular weight excluding hydrogens is 440 g/mol. The Labute approximate surface area is 188 Å². The van der Waals surface area contributed by atoms with Gasteiger partial charge in [0, 0.05) is 35.1 Å². The molecule has 4 N–H and O–H groups in total. The number of halogens is 3. The number of hydrogen-bond donors (Lipinski definition) is 4. The van der Waals surface area contributed by atoms with Crippen molar-refractivity contribution < 1.29 is 23.5 Å². The van der Waals surface area contributed by atoms with Gasteiger partial charge in [0.25, 0.3) is 0 Å². The van der Waals surface area contributed by atoms with Crippen LogP contribution in [0.2, 0.25) is 5.02 Å². The van der Waals surface area contributed by atoms with Gasteiger partial charge >= 0.3 is 6.03 Å². The molecule has 3 aromatic rings. The van der Waals surface area contributed by atoms with Crippen LogP contribution in [0.5, 0.6) is 0 Å². The molecule has 2 amide bonds. The third-order valence-electron chi connectivity index (χ3n) is 4.56. The van der Waals surface area contributed by atoms with Crippen LogP contribution in [-0.4, -0.2) is 30.1 Å². The lowest BCUT2D eigenvalue weighted by atomic mass is 9.98. The maximum absolute atomic E-state index is 13.9. The third-order valence-corrected chi connectivity index (χ3v) is 4.87. The topological polar surface area (TPSA) is 90.5 Å². The highest BCUT2D eigenvalue weighted by atomic mass is 35.5. The van der Waals surface area contributed by atoms with Crippen LogP contribution in [-0.2, 0) is 0 Å². The summed E-state index contributed by atoms with van der Waals surface area (Å²) < 4.78 is 26.9. The van der Waals surface area contributed by atoms with Crippen molar-refractivity contribution in [3.8, 4) is 0 Å². The fourth-order valence-corrected chi connectivity index (χ4v) is 3.22. The first kappa shape index (κ1) is 23.2. The Morgan fingerprint density at radius 3 is 2.41 bits per heavy atom. The molecule has 0 bridgehead atoms. The lowest BCUT2D eigenvalue weighted by Crippen LogP contribution is -2.31. The highest BCUT2D eigenvalue weighted by Crippen LogP contribution is 2.28. The quantitative estimate of drug-likeness (QED) is 0.374. The normalized spacial score (nSPS) is 10.5. The summed E-state index contributed by atoms with van der Waals surface area (Å²) in [5.41, 5.74) is 2.14. The van der Waals surface area contributed by atoms with Gasteiger partial charge in [0.2, 0.25) is 0 Å². The van der Waals surface area contributed by atoms with Crippen molar-refractivity contribution in [3.05, 3.63) is 87.9 Å². The number of hydrogen-bond acceptors (Lipinski definition) is 4. The van der Waals surface area contributed by atoms with Crippen molar-refractivity contribution in [1.29, 1.82) is 0 Å². The molecule has 0 aliphatic carbocycles. The monoisotopic (exact) mass is 459 g/mol. The van der Waals surface area contributed by atoms with Crippen molar-refractivity contribution in [2.75, 3.05) is 23.8 Å². The number of nitrogens with one attached hydrogen (secondary N) is 3. The number of rotatable bonds is 7. The number of aliphatic hydroxyl groups is 1. The van der Waals surface area contributed by atoms with E-state index in [1.54, 1.807) is 25.1 Å². The molecule has 3 aromatic carbocycles. The van der Waals surface area contributed by atoms with E-state index >= 15 is 0 Å². The van der Waals surface area contributed by atoms with E-state index in [2.05, 4.69) is 16.0 Å². The molecule has 9 heteroatoms. The van der Waals surface area contributed by atoms with E-state index in [4.69, 9.17) is 16.7 Å². The minimum atomic E-state index is -0.760. The zero-order chi connectivity index (χ0) is 23.3. The summed E-state index contributed by atoms with van der Waals surface area (Å²) in [5, 5.41) is 16.8. The van der Waals surface area contributed by atoms with E-state index in [-0.39, 0.29) is 35.2 Å². The minimum absolute atomic E-state index is 0.0654. The number of anilines is 3. The molecule has 166 valence electrons. The number of carbonyl (C=O) groups is 2. The van der Waals surface area contributed by atoms with Gasteiger partial charge in [0.15, 0.2) is 5.78 Å². The van der Waals surface area contributed by atoms with E-state index in [1.165, 1.54) is 24.3 Å². The molecule has 0 spiro atoms. The number of ketones is 1.